The Morgan fingerprint density at radius 2 is 2.27 bits per heavy atom. The molecule has 0 aliphatic carbocycles. The molecule has 82 valence electrons. The Bertz CT molecular complexity index is 332. The van der Waals surface area contributed by atoms with Gasteiger partial charge in [0, 0.05) is 15.9 Å². The van der Waals surface area contributed by atoms with Gasteiger partial charge < -0.3 is 4.74 Å². The lowest BCUT2D eigenvalue weighted by atomic mass is 10.1. The summed E-state index contributed by atoms with van der Waals surface area (Å²) in [6.07, 6.45) is 0.954. The highest BCUT2D eigenvalue weighted by molar-refractivity contribution is 9.10. The highest BCUT2D eigenvalue weighted by Gasteiger charge is 2.08. The van der Waals surface area contributed by atoms with E-state index >= 15 is 0 Å². The van der Waals surface area contributed by atoms with Crippen LogP contribution in [0.3, 0.4) is 0 Å². The smallest absolute Gasteiger partial charge is 0.306 e. The van der Waals surface area contributed by atoms with Gasteiger partial charge in [-0.05, 0) is 31.0 Å². The van der Waals surface area contributed by atoms with Crippen LogP contribution >= 0.6 is 27.5 Å². The minimum absolute atomic E-state index is 0.190. The van der Waals surface area contributed by atoms with Crippen LogP contribution in [0.4, 0.5) is 0 Å². The quantitative estimate of drug-likeness (QED) is 0.792. The molecule has 0 saturated carbocycles. The minimum Gasteiger partial charge on any atom is -0.466 e. The largest absolute Gasteiger partial charge is 0.466 e. The Hall–Kier alpha value is -0.540. The van der Waals surface area contributed by atoms with E-state index in [0.29, 0.717) is 24.5 Å². The van der Waals surface area contributed by atoms with Gasteiger partial charge in [-0.25, -0.2) is 0 Å². The second kappa shape index (κ2) is 6.13. The summed E-state index contributed by atoms with van der Waals surface area (Å²) in [5.74, 6) is -0.190. The predicted molar refractivity (Wildman–Crippen MR) is 64.1 cm³/mol. The number of halogens is 2. The van der Waals surface area contributed by atoms with Gasteiger partial charge in [-0.1, -0.05) is 33.6 Å². The van der Waals surface area contributed by atoms with Gasteiger partial charge in [0.15, 0.2) is 0 Å². The lowest BCUT2D eigenvalue weighted by Crippen LogP contribution is -2.05. The molecule has 0 heterocycles. The van der Waals surface area contributed by atoms with Crippen molar-refractivity contribution in [3.63, 3.8) is 0 Å². The lowest BCUT2D eigenvalue weighted by Gasteiger charge is -2.06. The van der Waals surface area contributed by atoms with Crippen molar-refractivity contribution in [2.75, 3.05) is 6.61 Å². The second-order valence-corrected chi connectivity index (χ2v) is 4.27. The van der Waals surface area contributed by atoms with E-state index in [4.69, 9.17) is 16.3 Å². The van der Waals surface area contributed by atoms with Crippen LogP contribution in [0.25, 0.3) is 0 Å². The van der Waals surface area contributed by atoms with Gasteiger partial charge in [0.05, 0.1) is 6.61 Å². The van der Waals surface area contributed by atoms with Crippen LogP contribution in [-0.2, 0) is 16.0 Å². The Balaban J connectivity index is 2.61. The second-order valence-electron chi connectivity index (χ2n) is 3.01. The molecular formula is C11H12BrClO2. The Labute approximate surface area is 103 Å². The highest BCUT2D eigenvalue weighted by atomic mass is 79.9. The minimum atomic E-state index is -0.190. The Morgan fingerprint density at radius 1 is 1.53 bits per heavy atom. The summed E-state index contributed by atoms with van der Waals surface area (Å²) in [5, 5.41) is 0.675. The van der Waals surface area contributed by atoms with Crippen LogP contribution in [0.5, 0.6) is 0 Å². The van der Waals surface area contributed by atoms with Crippen LogP contribution in [0.2, 0.25) is 5.02 Å². The predicted octanol–water partition coefficient (Wildman–Crippen LogP) is 3.60. The van der Waals surface area contributed by atoms with E-state index in [1.54, 1.807) is 6.92 Å². The van der Waals surface area contributed by atoms with Gasteiger partial charge in [-0.15, -0.1) is 0 Å². The molecule has 0 spiro atoms. The maximum atomic E-state index is 11.2. The first-order chi connectivity index (χ1) is 7.15. The van der Waals surface area contributed by atoms with Gasteiger partial charge in [0.1, 0.15) is 0 Å². The molecular weight excluding hydrogens is 279 g/mol. The first-order valence-electron chi connectivity index (χ1n) is 4.73. The van der Waals surface area contributed by atoms with E-state index in [2.05, 4.69) is 15.9 Å². The molecule has 1 aromatic rings. The molecule has 0 bridgehead atoms. The highest BCUT2D eigenvalue weighted by Crippen LogP contribution is 2.25. The van der Waals surface area contributed by atoms with Crippen LogP contribution in [0.1, 0.15) is 18.9 Å². The van der Waals surface area contributed by atoms with Gasteiger partial charge in [0.2, 0.25) is 0 Å². The van der Waals surface area contributed by atoms with Gasteiger partial charge in [-0.2, -0.15) is 0 Å². The van der Waals surface area contributed by atoms with E-state index < -0.39 is 0 Å². The molecule has 0 aromatic heterocycles. The van der Waals surface area contributed by atoms with Gasteiger partial charge in [0.25, 0.3) is 0 Å². The van der Waals surface area contributed by atoms with Crippen LogP contribution in [0, 0.1) is 0 Å². The molecule has 0 radical (unpaired) electrons. The third kappa shape index (κ3) is 3.84. The number of hydrogen-bond acceptors (Lipinski definition) is 2. The average Bonchev–Trinajstić information content (AvgIpc) is 2.17. The van der Waals surface area contributed by atoms with E-state index in [1.807, 2.05) is 18.2 Å². The zero-order valence-corrected chi connectivity index (χ0v) is 10.8. The molecule has 1 rings (SSSR count). The molecule has 0 aliphatic heterocycles. The molecule has 4 heteroatoms. The molecule has 0 saturated heterocycles. The molecule has 0 unspecified atom stereocenters. The molecule has 15 heavy (non-hydrogen) atoms. The fourth-order valence-electron chi connectivity index (χ4n) is 1.23. The van der Waals surface area contributed by atoms with Crippen LogP contribution < -0.4 is 0 Å². The zero-order chi connectivity index (χ0) is 11.3. The summed E-state index contributed by atoms with van der Waals surface area (Å²) in [4.78, 5) is 11.2. The van der Waals surface area contributed by atoms with Crippen molar-refractivity contribution in [2.24, 2.45) is 0 Å². The zero-order valence-electron chi connectivity index (χ0n) is 8.43. The first-order valence-corrected chi connectivity index (χ1v) is 5.90. The monoisotopic (exact) mass is 290 g/mol. The molecule has 0 N–H and O–H groups in total. The topological polar surface area (TPSA) is 26.3 Å². The van der Waals surface area contributed by atoms with Crippen molar-refractivity contribution in [1.29, 1.82) is 0 Å². The number of carbonyl (C=O) groups excluding carboxylic acids is 1. The summed E-state index contributed by atoms with van der Waals surface area (Å²) in [5.41, 5.74) is 0.951. The van der Waals surface area contributed by atoms with Crippen molar-refractivity contribution in [3.8, 4) is 0 Å². The maximum absolute atomic E-state index is 11.2. The molecule has 2 nitrogen and oxygen atoms in total. The van der Waals surface area contributed by atoms with Crippen molar-refractivity contribution >= 4 is 33.5 Å². The van der Waals surface area contributed by atoms with Crippen molar-refractivity contribution in [2.45, 2.75) is 19.8 Å². The molecule has 0 aliphatic rings. The van der Waals surface area contributed by atoms with E-state index in [1.165, 1.54) is 0 Å². The van der Waals surface area contributed by atoms with Crippen molar-refractivity contribution in [1.82, 2.24) is 0 Å². The summed E-state index contributed by atoms with van der Waals surface area (Å²) >= 11 is 9.41. The number of hydrogen-bond donors (Lipinski definition) is 0. The number of esters is 1. The van der Waals surface area contributed by atoms with E-state index in [9.17, 15) is 4.79 Å². The maximum Gasteiger partial charge on any atom is 0.306 e. The van der Waals surface area contributed by atoms with E-state index in [0.717, 1.165) is 10.0 Å². The van der Waals surface area contributed by atoms with Crippen LogP contribution in [0.15, 0.2) is 22.7 Å². The molecule has 0 fully saturated rings. The average molecular weight is 292 g/mol. The number of rotatable bonds is 4. The first kappa shape index (κ1) is 12.5. The standard InChI is InChI=1S/C11H12BrClO2/c1-2-15-11(14)7-6-8-9(12)4-3-5-10(8)13/h3-5H,2,6-7H2,1H3. The third-order valence-electron chi connectivity index (χ3n) is 1.95. The molecule has 0 atom stereocenters. The van der Waals surface area contributed by atoms with Crippen molar-refractivity contribution < 1.29 is 9.53 Å². The number of benzene rings is 1. The fraction of sp³-hybridized carbons (Fsp3) is 0.364. The molecule has 1 aromatic carbocycles. The summed E-state index contributed by atoms with van der Waals surface area (Å²) < 4.78 is 5.78. The van der Waals surface area contributed by atoms with Crippen LogP contribution in [-0.4, -0.2) is 12.6 Å². The van der Waals surface area contributed by atoms with Gasteiger partial charge in [-0.3, -0.25) is 4.79 Å². The number of ether oxygens (including phenoxy) is 1. The lowest BCUT2D eigenvalue weighted by molar-refractivity contribution is -0.143. The normalized spacial score (nSPS) is 10.1. The summed E-state index contributed by atoms with van der Waals surface area (Å²) in [6, 6.07) is 5.58. The Morgan fingerprint density at radius 3 is 2.87 bits per heavy atom. The SMILES string of the molecule is CCOC(=O)CCc1c(Cl)cccc1Br. The summed E-state index contributed by atoms with van der Waals surface area (Å²) in [6.45, 7) is 2.21. The van der Waals surface area contributed by atoms with Crippen molar-refractivity contribution in [3.05, 3.63) is 33.3 Å². The Kier molecular flexibility index (Phi) is 5.12. The molecule has 0 amide bonds. The summed E-state index contributed by atoms with van der Waals surface area (Å²) in [7, 11) is 0. The van der Waals surface area contributed by atoms with Gasteiger partial charge >= 0.3 is 5.97 Å². The van der Waals surface area contributed by atoms with E-state index in [-0.39, 0.29) is 5.97 Å². The fourth-order valence-corrected chi connectivity index (χ4v) is 2.18. The third-order valence-corrected chi connectivity index (χ3v) is 3.04. The number of carbonyl (C=O) groups is 1.